The summed E-state index contributed by atoms with van der Waals surface area (Å²) in [4.78, 5) is 14.6. The third-order valence-corrected chi connectivity index (χ3v) is 1.42. The molecule has 1 amide bonds. The number of carbonyl (C=O) groups is 1. The topological polar surface area (TPSA) is 106 Å². The molecule has 6 nitrogen and oxygen atoms in total. The summed E-state index contributed by atoms with van der Waals surface area (Å²) in [5.74, 6) is 5.82. The number of carbonyl (C=O) groups excluding carboxylic acids is 1. The van der Waals surface area contributed by atoms with Crippen LogP contribution in [0.1, 0.15) is 20.3 Å². The van der Waals surface area contributed by atoms with Gasteiger partial charge in [0.05, 0.1) is 0 Å². The van der Waals surface area contributed by atoms with Crippen LogP contribution in [0.4, 0.5) is 0 Å². The molecule has 0 unspecified atom stereocenters. The van der Waals surface area contributed by atoms with Crippen LogP contribution in [0.3, 0.4) is 0 Å². The fourth-order valence-corrected chi connectivity index (χ4v) is 0.731. The van der Waals surface area contributed by atoms with E-state index >= 15 is 0 Å². The molecule has 0 aromatic heterocycles. The van der Waals surface area contributed by atoms with Gasteiger partial charge < -0.3 is 11.1 Å². The summed E-state index contributed by atoms with van der Waals surface area (Å²) in [6.07, 6.45) is 0.266. The number of nitrogens with zero attached hydrogens (tertiary/aromatic N) is 1. The first kappa shape index (κ1) is 12.7. The molecule has 0 radical (unpaired) electrons. The van der Waals surface area contributed by atoms with E-state index in [1.165, 1.54) is 0 Å². The van der Waals surface area contributed by atoms with Crippen molar-refractivity contribution in [1.29, 1.82) is 0 Å². The molecule has 0 aliphatic heterocycles. The van der Waals surface area contributed by atoms with Crippen LogP contribution < -0.4 is 22.3 Å². The predicted octanol–water partition coefficient (Wildman–Crippen LogP) is -1.07. The molecule has 0 saturated heterocycles. The van der Waals surface area contributed by atoms with Gasteiger partial charge in [-0.05, 0) is 5.92 Å². The van der Waals surface area contributed by atoms with Crippen molar-refractivity contribution in [3.63, 3.8) is 0 Å². The van der Waals surface area contributed by atoms with Crippen LogP contribution in [0.2, 0.25) is 0 Å². The minimum atomic E-state index is -0.349. The van der Waals surface area contributed by atoms with E-state index in [-0.39, 0.29) is 12.3 Å². The molecule has 0 rings (SSSR count). The Morgan fingerprint density at radius 2 is 2.14 bits per heavy atom. The summed E-state index contributed by atoms with van der Waals surface area (Å²) in [5.41, 5.74) is 7.39. The third kappa shape index (κ3) is 7.35. The van der Waals surface area contributed by atoms with Crippen molar-refractivity contribution < 1.29 is 4.79 Å². The Morgan fingerprint density at radius 1 is 1.50 bits per heavy atom. The summed E-state index contributed by atoms with van der Waals surface area (Å²) >= 11 is 0. The molecule has 0 spiro atoms. The van der Waals surface area contributed by atoms with Crippen LogP contribution >= 0.6 is 0 Å². The fraction of sp³-hybridized carbons (Fsp3) is 0.750. The lowest BCUT2D eigenvalue weighted by Gasteiger charge is -2.08. The number of hydrogen-bond acceptors (Lipinski definition) is 3. The second-order valence-electron chi connectivity index (χ2n) is 3.37. The summed E-state index contributed by atoms with van der Waals surface area (Å²) in [7, 11) is 0. The Balaban J connectivity index is 3.78. The highest BCUT2D eigenvalue weighted by Gasteiger charge is 1.98. The van der Waals surface area contributed by atoms with Gasteiger partial charge in [0.15, 0.2) is 0 Å². The van der Waals surface area contributed by atoms with Crippen molar-refractivity contribution >= 4 is 11.9 Å². The number of aliphatic imine (C=N–C) groups is 1. The van der Waals surface area contributed by atoms with Crippen molar-refractivity contribution in [3.8, 4) is 0 Å². The third-order valence-electron chi connectivity index (χ3n) is 1.42. The molecule has 0 bridgehead atoms. The lowest BCUT2D eigenvalue weighted by atomic mass is 10.2. The van der Waals surface area contributed by atoms with Gasteiger partial charge in [0, 0.05) is 19.5 Å². The minimum absolute atomic E-state index is 0.266. The maximum absolute atomic E-state index is 10.4. The summed E-state index contributed by atoms with van der Waals surface area (Å²) in [6, 6.07) is 0. The smallest absolute Gasteiger partial charge is 0.219 e. The van der Waals surface area contributed by atoms with Gasteiger partial charge in [-0.25, -0.2) is 5.84 Å². The average Bonchev–Trinajstić information content (AvgIpc) is 2.10. The first-order valence-electron chi connectivity index (χ1n) is 4.59. The molecule has 0 aliphatic rings. The van der Waals surface area contributed by atoms with Gasteiger partial charge >= 0.3 is 0 Å². The molecule has 0 aliphatic carbocycles. The van der Waals surface area contributed by atoms with Gasteiger partial charge in [0.1, 0.15) is 0 Å². The first-order valence-corrected chi connectivity index (χ1v) is 4.59. The van der Waals surface area contributed by atoms with Crippen molar-refractivity contribution in [2.24, 2.45) is 22.5 Å². The Morgan fingerprint density at radius 3 is 2.57 bits per heavy atom. The Bertz CT molecular complexity index is 202. The van der Waals surface area contributed by atoms with E-state index in [4.69, 9.17) is 11.6 Å². The SMILES string of the molecule is CC(C)CN=C(NN)NCCC(N)=O. The zero-order valence-electron chi connectivity index (χ0n) is 8.71. The van der Waals surface area contributed by atoms with Crippen LogP contribution in [0.5, 0.6) is 0 Å². The van der Waals surface area contributed by atoms with Gasteiger partial charge in [0.25, 0.3) is 0 Å². The second kappa shape index (κ2) is 7.14. The van der Waals surface area contributed by atoms with Gasteiger partial charge in [-0.1, -0.05) is 13.8 Å². The van der Waals surface area contributed by atoms with E-state index in [1.54, 1.807) is 0 Å². The molecule has 82 valence electrons. The lowest BCUT2D eigenvalue weighted by Crippen LogP contribution is -2.42. The molecule has 0 aromatic rings. The van der Waals surface area contributed by atoms with Crippen LogP contribution in [0, 0.1) is 5.92 Å². The molecular formula is C8H19N5O. The maximum Gasteiger partial charge on any atom is 0.219 e. The highest BCUT2D eigenvalue weighted by atomic mass is 16.1. The molecule has 0 saturated carbocycles. The van der Waals surface area contributed by atoms with Gasteiger partial charge in [0.2, 0.25) is 11.9 Å². The van der Waals surface area contributed by atoms with E-state index in [0.29, 0.717) is 25.0 Å². The number of rotatable bonds is 5. The molecule has 6 heteroatoms. The van der Waals surface area contributed by atoms with Crippen molar-refractivity contribution in [1.82, 2.24) is 10.7 Å². The quantitative estimate of drug-likeness (QED) is 0.197. The van der Waals surface area contributed by atoms with E-state index in [0.717, 1.165) is 0 Å². The number of primary amides is 1. The second-order valence-corrected chi connectivity index (χ2v) is 3.37. The van der Waals surface area contributed by atoms with Crippen LogP contribution in [-0.4, -0.2) is 25.0 Å². The predicted molar refractivity (Wildman–Crippen MR) is 56.3 cm³/mol. The normalized spacial score (nSPS) is 11.6. The van der Waals surface area contributed by atoms with Crippen LogP contribution in [0.15, 0.2) is 4.99 Å². The fourth-order valence-electron chi connectivity index (χ4n) is 0.731. The molecule has 0 fully saturated rings. The molecule has 14 heavy (non-hydrogen) atoms. The van der Waals surface area contributed by atoms with Crippen molar-refractivity contribution in [2.45, 2.75) is 20.3 Å². The minimum Gasteiger partial charge on any atom is -0.370 e. The lowest BCUT2D eigenvalue weighted by molar-refractivity contribution is -0.117. The molecular weight excluding hydrogens is 182 g/mol. The molecule has 0 aromatic carbocycles. The number of amides is 1. The van der Waals surface area contributed by atoms with Gasteiger partial charge in [-0.2, -0.15) is 0 Å². The highest BCUT2D eigenvalue weighted by Crippen LogP contribution is 1.90. The summed E-state index contributed by atoms with van der Waals surface area (Å²) in [6.45, 7) is 5.24. The van der Waals surface area contributed by atoms with Crippen molar-refractivity contribution in [3.05, 3.63) is 0 Å². The van der Waals surface area contributed by atoms with E-state index in [9.17, 15) is 4.79 Å². The van der Waals surface area contributed by atoms with Crippen molar-refractivity contribution in [2.75, 3.05) is 13.1 Å². The number of nitrogens with one attached hydrogen (secondary N) is 2. The molecule has 0 atom stereocenters. The largest absolute Gasteiger partial charge is 0.370 e. The number of hydrazine groups is 1. The zero-order valence-corrected chi connectivity index (χ0v) is 8.71. The Hall–Kier alpha value is -1.30. The van der Waals surface area contributed by atoms with E-state index in [2.05, 4.69) is 29.6 Å². The maximum atomic E-state index is 10.4. The molecule has 6 N–H and O–H groups in total. The first-order chi connectivity index (χ1) is 6.56. The highest BCUT2D eigenvalue weighted by molar-refractivity contribution is 5.80. The average molecular weight is 201 g/mol. The summed E-state index contributed by atoms with van der Waals surface area (Å²) < 4.78 is 0. The number of hydrogen-bond donors (Lipinski definition) is 4. The number of nitrogens with two attached hydrogens (primary N) is 2. The van der Waals surface area contributed by atoms with Crippen LogP contribution in [-0.2, 0) is 4.79 Å². The van der Waals surface area contributed by atoms with Gasteiger partial charge in [-0.15, -0.1) is 0 Å². The number of guanidine groups is 1. The standard InChI is InChI=1S/C8H19N5O/c1-6(2)5-12-8(13-10)11-4-3-7(9)14/h6H,3-5,10H2,1-2H3,(H2,9,14)(H2,11,12,13). The monoisotopic (exact) mass is 201 g/mol. The molecule has 0 heterocycles. The zero-order chi connectivity index (χ0) is 11.0. The van der Waals surface area contributed by atoms with E-state index in [1.807, 2.05) is 0 Å². The van der Waals surface area contributed by atoms with Gasteiger partial charge in [-0.3, -0.25) is 15.2 Å². The van der Waals surface area contributed by atoms with Crippen LogP contribution in [0.25, 0.3) is 0 Å². The Kier molecular flexibility index (Phi) is 6.47. The van der Waals surface area contributed by atoms with E-state index < -0.39 is 0 Å². The summed E-state index contributed by atoms with van der Waals surface area (Å²) in [5, 5.41) is 2.87. The Labute approximate surface area is 84.1 Å².